The van der Waals surface area contributed by atoms with Crippen LogP contribution >= 0.6 is 0 Å². The Hall–Kier alpha value is -4.79. The molecule has 226 valence electrons. The summed E-state index contributed by atoms with van der Waals surface area (Å²) in [6, 6.07) is 15.2. The van der Waals surface area contributed by atoms with Gasteiger partial charge in [0, 0.05) is 47.6 Å². The Bertz CT molecular complexity index is 1730. The molecule has 44 heavy (non-hydrogen) atoms. The van der Waals surface area contributed by atoms with E-state index in [1.807, 2.05) is 78.3 Å². The standard InChI is InChI=1S/C36H40N6O2/c1-6-25(7-2)27-12-14-30(15-13-27)39-36(43)29-11-9-10-28(22-29)32-24-42-19-18-37-35(42)34(40-32)38-31-16-17-33(26(8-3)23-31)44-21-20-41(4)5/h6-7,9-16,18-19,22-24,33H,1,8,17,20-21H2,2-5H3,(H,38,40)(H,39,43)/b25-7+. The number of anilines is 2. The third kappa shape index (κ3) is 7.22. The summed E-state index contributed by atoms with van der Waals surface area (Å²) < 4.78 is 8.12. The van der Waals surface area contributed by atoms with Crippen molar-refractivity contribution in [2.24, 2.45) is 0 Å². The second-order valence-corrected chi connectivity index (χ2v) is 10.9. The number of nitrogens with one attached hydrogen (secondary N) is 2. The molecule has 0 fully saturated rings. The zero-order chi connectivity index (χ0) is 31.1. The van der Waals surface area contributed by atoms with E-state index in [-0.39, 0.29) is 12.0 Å². The molecule has 0 bridgehead atoms. The monoisotopic (exact) mass is 588 g/mol. The molecule has 0 spiro atoms. The number of amides is 1. The van der Waals surface area contributed by atoms with Crippen molar-refractivity contribution in [1.82, 2.24) is 19.3 Å². The Balaban J connectivity index is 1.34. The van der Waals surface area contributed by atoms with Gasteiger partial charge in [-0.2, -0.15) is 0 Å². The molecule has 0 saturated carbocycles. The van der Waals surface area contributed by atoms with Gasteiger partial charge in [-0.1, -0.05) is 56.0 Å². The molecular weight excluding hydrogens is 548 g/mol. The van der Waals surface area contributed by atoms with Crippen molar-refractivity contribution < 1.29 is 9.53 Å². The number of nitrogens with zero attached hydrogens (tertiary/aromatic N) is 4. The number of carbonyl (C=O) groups is 1. The molecule has 2 heterocycles. The number of ether oxygens (including phenoxy) is 1. The fourth-order valence-corrected chi connectivity index (χ4v) is 5.17. The van der Waals surface area contributed by atoms with E-state index < -0.39 is 0 Å². The van der Waals surface area contributed by atoms with E-state index in [1.54, 1.807) is 12.3 Å². The maximum atomic E-state index is 13.2. The number of fused-ring (bicyclic) bond motifs is 1. The summed E-state index contributed by atoms with van der Waals surface area (Å²) in [5.74, 6) is 0.455. The van der Waals surface area contributed by atoms with Crippen molar-refractivity contribution in [1.29, 1.82) is 0 Å². The van der Waals surface area contributed by atoms with E-state index in [0.717, 1.165) is 58.8 Å². The van der Waals surface area contributed by atoms with Crippen LogP contribution in [0.2, 0.25) is 0 Å². The number of hydrogen-bond acceptors (Lipinski definition) is 6. The molecule has 2 N–H and O–H groups in total. The molecule has 8 heteroatoms. The summed E-state index contributed by atoms with van der Waals surface area (Å²) in [6.45, 7) is 9.58. The molecule has 0 radical (unpaired) electrons. The third-order valence-corrected chi connectivity index (χ3v) is 7.64. The lowest BCUT2D eigenvalue weighted by atomic mass is 9.97. The van der Waals surface area contributed by atoms with Crippen LogP contribution in [-0.4, -0.2) is 58.5 Å². The first-order valence-corrected chi connectivity index (χ1v) is 15.0. The van der Waals surface area contributed by atoms with Gasteiger partial charge in [0.1, 0.15) is 0 Å². The minimum atomic E-state index is -0.191. The number of likely N-dealkylation sites (N-methyl/N-ethyl adjacent to an activating group) is 1. The van der Waals surface area contributed by atoms with Crippen molar-refractivity contribution in [3.8, 4) is 11.3 Å². The molecule has 0 saturated heterocycles. The Morgan fingerprint density at radius 2 is 2.00 bits per heavy atom. The third-order valence-electron chi connectivity index (χ3n) is 7.64. The SMILES string of the molecule is C=C/C(=C\C)c1ccc(NC(=O)c2cccc(-c3cn4ccnc4c(NC4=CCC(OCCN(C)C)C(CC)=C4)n3)c2)cc1. The van der Waals surface area contributed by atoms with Gasteiger partial charge in [0.05, 0.1) is 18.4 Å². The van der Waals surface area contributed by atoms with Crippen LogP contribution in [0.15, 0.2) is 109 Å². The maximum Gasteiger partial charge on any atom is 0.255 e. The summed E-state index contributed by atoms with van der Waals surface area (Å²) in [7, 11) is 4.10. The smallest absolute Gasteiger partial charge is 0.255 e. The van der Waals surface area contributed by atoms with Gasteiger partial charge < -0.3 is 24.7 Å². The molecule has 1 atom stereocenters. The first-order valence-electron chi connectivity index (χ1n) is 15.0. The van der Waals surface area contributed by atoms with Crippen LogP contribution in [0.4, 0.5) is 11.5 Å². The van der Waals surface area contributed by atoms with E-state index in [2.05, 4.69) is 60.3 Å². The van der Waals surface area contributed by atoms with Crippen molar-refractivity contribution >= 4 is 28.6 Å². The Labute approximate surface area is 259 Å². The van der Waals surface area contributed by atoms with E-state index in [0.29, 0.717) is 18.0 Å². The first-order chi connectivity index (χ1) is 21.4. The second-order valence-electron chi connectivity index (χ2n) is 10.9. The molecular formula is C36H40N6O2. The topological polar surface area (TPSA) is 83.8 Å². The Morgan fingerprint density at radius 1 is 1.18 bits per heavy atom. The molecule has 8 nitrogen and oxygen atoms in total. The van der Waals surface area contributed by atoms with Gasteiger partial charge in [0.15, 0.2) is 11.5 Å². The quantitative estimate of drug-likeness (QED) is 0.170. The molecule has 1 aliphatic carbocycles. The molecule has 1 unspecified atom stereocenters. The molecule has 1 aliphatic rings. The summed E-state index contributed by atoms with van der Waals surface area (Å²) >= 11 is 0. The van der Waals surface area contributed by atoms with Gasteiger partial charge >= 0.3 is 0 Å². The number of carbonyl (C=O) groups excluding carboxylic acids is 1. The molecule has 2 aromatic carbocycles. The number of aromatic nitrogens is 3. The van der Waals surface area contributed by atoms with Gasteiger partial charge in [0.25, 0.3) is 5.91 Å². The molecule has 1 amide bonds. The van der Waals surface area contributed by atoms with Crippen molar-refractivity contribution in [2.75, 3.05) is 37.9 Å². The van der Waals surface area contributed by atoms with Crippen LogP contribution < -0.4 is 10.6 Å². The molecule has 5 rings (SSSR count). The van der Waals surface area contributed by atoms with Crippen LogP contribution in [0.5, 0.6) is 0 Å². The van der Waals surface area contributed by atoms with Crippen molar-refractivity contribution in [3.63, 3.8) is 0 Å². The van der Waals surface area contributed by atoms with E-state index in [4.69, 9.17) is 9.72 Å². The van der Waals surface area contributed by atoms with E-state index in [1.165, 1.54) is 5.57 Å². The van der Waals surface area contributed by atoms with Crippen molar-refractivity contribution in [2.45, 2.75) is 32.8 Å². The average Bonchev–Trinajstić information content (AvgIpc) is 3.52. The largest absolute Gasteiger partial charge is 0.372 e. The van der Waals surface area contributed by atoms with Gasteiger partial charge in [-0.15, -0.1) is 0 Å². The highest BCUT2D eigenvalue weighted by Crippen LogP contribution is 2.28. The molecule has 4 aromatic rings. The summed E-state index contributed by atoms with van der Waals surface area (Å²) in [4.78, 5) is 24.8. The summed E-state index contributed by atoms with van der Waals surface area (Å²) in [5.41, 5.74) is 7.85. The summed E-state index contributed by atoms with van der Waals surface area (Å²) in [6.07, 6.45) is 15.5. The normalized spacial score (nSPS) is 15.2. The van der Waals surface area contributed by atoms with E-state index >= 15 is 0 Å². The number of hydrogen-bond donors (Lipinski definition) is 2. The van der Waals surface area contributed by atoms with Crippen molar-refractivity contribution in [3.05, 3.63) is 120 Å². The number of rotatable bonds is 12. The number of imidazole rings is 1. The van der Waals surface area contributed by atoms with Crippen LogP contribution in [0.3, 0.4) is 0 Å². The minimum Gasteiger partial charge on any atom is -0.372 e. The van der Waals surface area contributed by atoms with E-state index in [9.17, 15) is 4.79 Å². The molecule has 2 aromatic heterocycles. The number of benzene rings is 2. The van der Waals surface area contributed by atoms with Crippen LogP contribution in [-0.2, 0) is 4.74 Å². The van der Waals surface area contributed by atoms with Crippen LogP contribution in [0.1, 0.15) is 42.6 Å². The lowest BCUT2D eigenvalue weighted by molar-refractivity contribution is 0.0657. The van der Waals surface area contributed by atoms with Gasteiger partial charge in [-0.25, -0.2) is 9.97 Å². The molecule has 0 aliphatic heterocycles. The zero-order valence-corrected chi connectivity index (χ0v) is 25.9. The van der Waals surface area contributed by atoms with Crippen LogP contribution in [0.25, 0.3) is 22.5 Å². The predicted octanol–water partition coefficient (Wildman–Crippen LogP) is 7.22. The lowest BCUT2D eigenvalue weighted by Crippen LogP contribution is -2.25. The maximum absolute atomic E-state index is 13.2. The highest BCUT2D eigenvalue weighted by atomic mass is 16.5. The second kappa shape index (κ2) is 14.1. The van der Waals surface area contributed by atoms with Crippen LogP contribution in [0, 0.1) is 0 Å². The van der Waals surface area contributed by atoms with Gasteiger partial charge in [-0.3, -0.25) is 4.79 Å². The summed E-state index contributed by atoms with van der Waals surface area (Å²) in [5, 5.41) is 6.51. The number of allylic oxidation sites excluding steroid dienone is 4. The minimum absolute atomic E-state index is 0.0841. The zero-order valence-electron chi connectivity index (χ0n) is 25.9. The fraction of sp³-hybridized carbons (Fsp3) is 0.250. The predicted molar refractivity (Wildman–Crippen MR) is 180 cm³/mol. The van der Waals surface area contributed by atoms with Gasteiger partial charge in [-0.05, 0) is 80.9 Å². The first kappa shape index (κ1) is 30.7. The Morgan fingerprint density at radius 3 is 2.73 bits per heavy atom. The highest BCUT2D eigenvalue weighted by molar-refractivity contribution is 6.05. The fourth-order valence-electron chi connectivity index (χ4n) is 5.17. The van der Waals surface area contributed by atoms with Gasteiger partial charge in [0.2, 0.25) is 0 Å². The average molecular weight is 589 g/mol. The highest BCUT2D eigenvalue weighted by Gasteiger charge is 2.19. The Kier molecular flexibility index (Phi) is 9.84. The lowest BCUT2D eigenvalue weighted by Gasteiger charge is -2.25.